The quantitative estimate of drug-likeness (QED) is 0.737. The molecule has 4 heteroatoms. The van der Waals surface area contributed by atoms with E-state index in [9.17, 15) is 4.79 Å². The van der Waals surface area contributed by atoms with Crippen LogP contribution < -0.4 is 5.32 Å². The number of hydrogen-bond acceptors (Lipinski definition) is 2. The molecule has 1 aromatic heterocycles. The van der Waals surface area contributed by atoms with Crippen LogP contribution in [-0.2, 0) is 10.2 Å². The van der Waals surface area contributed by atoms with Crippen LogP contribution in [0.2, 0.25) is 0 Å². The van der Waals surface area contributed by atoms with E-state index in [0.717, 1.165) is 33.9 Å². The third-order valence-corrected chi connectivity index (χ3v) is 4.55. The highest BCUT2D eigenvalue weighted by atomic mass is 16.1. The molecule has 0 atom stereocenters. The number of benzene rings is 2. The lowest BCUT2D eigenvalue weighted by Crippen LogP contribution is -2.32. The summed E-state index contributed by atoms with van der Waals surface area (Å²) < 4.78 is 0. The minimum atomic E-state index is -0.174. The van der Waals surface area contributed by atoms with Gasteiger partial charge in [0.1, 0.15) is 5.82 Å². The van der Waals surface area contributed by atoms with E-state index in [-0.39, 0.29) is 11.3 Å². The molecule has 2 aromatic carbocycles. The predicted octanol–water partition coefficient (Wildman–Crippen LogP) is 4.36. The summed E-state index contributed by atoms with van der Waals surface area (Å²) in [5, 5.41) is 2.96. The largest absolute Gasteiger partial charge is 0.344 e. The predicted molar refractivity (Wildman–Crippen MR) is 95.7 cm³/mol. The van der Waals surface area contributed by atoms with Gasteiger partial charge in [-0.05, 0) is 17.7 Å². The van der Waals surface area contributed by atoms with Crippen LogP contribution in [0.15, 0.2) is 54.7 Å². The maximum Gasteiger partial charge on any atom is 0.225 e. The normalized spacial score (nSPS) is 15.7. The third-order valence-electron chi connectivity index (χ3n) is 4.55. The minimum Gasteiger partial charge on any atom is -0.344 e. The molecule has 0 unspecified atom stereocenters. The highest BCUT2D eigenvalue weighted by Gasteiger charge is 2.32. The van der Waals surface area contributed by atoms with Crippen LogP contribution >= 0.6 is 0 Å². The second-order valence-electron chi connectivity index (χ2n) is 6.87. The van der Waals surface area contributed by atoms with Crippen molar-refractivity contribution in [3.8, 4) is 22.6 Å². The molecule has 4 rings (SSSR count). The molecule has 2 N–H and O–H groups in total. The summed E-state index contributed by atoms with van der Waals surface area (Å²) in [6, 6.07) is 16.2. The summed E-state index contributed by atoms with van der Waals surface area (Å²) in [6.45, 7) is 4.21. The average Bonchev–Trinajstić information content (AvgIpc) is 3.04. The van der Waals surface area contributed by atoms with Gasteiger partial charge in [0.15, 0.2) is 0 Å². The molecule has 1 aliphatic heterocycles. The molecule has 1 amide bonds. The Morgan fingerprint density at radius 1 is 1.04 bits per heavy atom. The molecule has 4 nitrogen and oxygen atoms in total. The van der Waals surface area contributed by atoms with Crippen molar-refractivity contribution in [2.75, 3.05) is 5.32 Å². The van der Waals surface area contributed by atoms with Gasteiger partial charge in [0.2, 0.25) is 5.91 Å². The van der Waals surface area contributed by atoms with Gasteiger partial charge in [-0.25, -0.2) is 4.98 Å². The molecular weight excluding hydrogens is 298 g/mol. The monoisotopic (exact) mass is 317 g/mol. The van der Waals surface area contributed by atoms with Crippen LogP contribution in [0.25, 0.3) is 22.6 Å². The third kappa shape index (κ3) is 2.50. The van der Waals surface area contributed by atoms with Crippen LogP contribution in [0, 0.1) is 0 Å². The number of anilines is 1. The molecule has 0 aliphatic carbocycles. The van der Waals surface area contributed by atoms with Crippen molar-refractivity contribution >= 4 is 11.6 Å². The number of imidazole rings is 1. The zero-order chi connectivity index (χ0) is 16.7. The number of carbonyl (C=O) groups excluding carboxylic acids is 1. The second-order valence-corrected chi connectivity index (χ2v) is 6.87. The van der Waals surface area contributed by atoms with E-state index in [4.69, 9.17) is 4.98 Å². The number of rotatable bonds is 2. The van der Waals surface area contributed by atoms with E-state index in [0.29, 0.717) is 6.42 Å². The fourth-order valence-electron chi connectivity index (χ4n) is 3.28. The lowest BCUT2D eigenvalue weighted by Gasteiger charge is -2.32. The number of hydrogen-bond donors (Lipinski definition) is 2. The Kier molecular flexibility index (Phi) is 3.27. The molecule has 0 fully saturated rings. The Balaban J connectivity index is 1.74. The van der Waals surface area contributed by atoms with Gasteiger partial charge in [-0.3, -0.25) is 4.79 Å². The first-order valence-electron chi connectivity index (χ1n) is 8.08. The average molecular weight is 317 g/mol. The molecule has 120 valence electrons. The van der Waals surface area contributed by atoms with Crippen molar-refractivity contribution in [3.05, 3.63) is 60.3 Å². The van der Waals surface area contributed by atoms with Crippen molar-refractivity contribution < 1.29 is 4.79 Å². The molecule has 0 radical (unpaired) electrons. The molecule has 24 heavy (non-hydrogen) atoms. The molecule has 0 spiro atoms. The molecule has 0 saturated carbocycles. The van der Waals surface area contributed by atoms with E-state index in [1.807, 2.05) is 48.7 Å². The molecule has 3 aromatic rings. The Labute approximate surface area is 141 Å². The van der Waals surface area contributed by atoms with Gasteiger partial charge in [0.05, 0.1) is 5.69 Å². The number of nitrogens with zero attached hydrogens (tertiary/aromatic N) is 1. The van der Waals surface area contributed by atoms with E-state index in [2.05, 4.69) is 30.2 Å². The smallest absolute Gasteiger partial charge is 0.225 e. The lowest BCUT2D eigenvalue weighted by atomic mass is 9.77. The Bertz CT molecular complexity index is 910. The van der Waals surface area contributed by atoms with Gasteiger partial charge in [-0.15, -0.1) is 0 Å². The summed E-state index contributed by atoms with van der Waals surface area (Å²) >= 11 is 0. The SMILES string of the molecule is CC1(C)CC(=O)Nc2ccc(-c3c[nH]c(-c4ccccc4)n3)cc21. The van der Waals surface area contributed by atoms with Crippen LogP contribution in [0.1, 0.15) is 25.8 Å². The minimum absolute atomic E-state index is 0.0754. The number of fused-ring (bicyclic) bond motifs is 1. The summed E-state index contributed by atoms with van der Waals surface area (Å²) in [4.78, 5) is 19.8. The molecular formula is C20H19N3O. The van der Waals surface area contributed by atoms with Gasteiger partial charge < -0.3 is 10.3 Å². The van der Waals surface area contributed by atoms with Gasteiger partial charge in [0.25, 0.3) is 0 Å². The highest BCUT2D eigenvalue weighted by molar-refractivity contribution is 5.96. The van der Waals surface area contributed by atoms with Crippen LogP contribution in [0.3, 0.4) is 0 Å². The lowest BCUT2D eigenvalue weighted by molar-refractivity contribution is -0.117. The van der Waals surface area contributed by atoms with Gasteiger partial charge in [-0.1, -0.05) is 50.2 Å². The summed E-state index contributed by atoms with van der Waals surface area (Å²) in [5.74, 6) is 0.933. The standard InChI is InChI=1S/C20H19N3O/c1-20(2)11-18(24)22-16-9-8-14(10-15(16)20)17-12-21-19(23-17)13-6-4-3-5-7-13/h3-10,12H,11H2,1-2H3,(H,21,23)(H,22,24). The van der Waals surface area contributed by atoms with Crippen molar-refractivity contribution in [2.45, 2.75) is 25.7 Å². The van der Waals surface area contributed by atoms with Crippen molar-refractivity contribution in [2.24, 2.45) is 0 Å². The Hall–Kier alpha value is -2.88. The molecule has 0 bridgehead atoms. The van der Waals surface area contributed by atoms with Gasteiger partial charge in [-0.2, -0.15) is 0 Å². The van der Waals surface area contributed by atoms with Crippen LogP contribution in [0.5, 0.6) is 0 Å². The number of aromatic amines is 1. The molecule has 1 aliphatic rings. The Morgan fingerprint density at radius 3 is 2.62 bits per heavy atom. The van der Waals surface area contributed by atoms with Crippen LogP contribution in [0.4, 0.5) is 5.69 Å². The Morgan fingerprint density at radius 2 is 1.83 bits per heavy atom. The first-order chi connectivity index (χ1) is 11.5. The topological polar surface area (TPSA) is 57.8 Å². The summed E-state index contributed by atoms with van der Waals surface area (Å²) in [6.07, 6.45) is 2.43. The number of carbonyl (C=O) groups is 1. The van der Waals surface area contributed by atoms with Gasteiger partial charge >= 0.3 is 0 Å². The first-order valence-corrected chi connectivity index (χ1v) is 8.08. The van der Waals surface area contributed by atoms with Crippen molar-refractivity contribution in [1.29, 1.82) is 0 Å². The number of nitrogens with one attached hydrogen (secondary N) is 2. The fraction of sp³-hybridized carbons (Fsp3) is 0.200. The van der Waals surface area contributed by atoms with E-state index >= 15 is 0 Å². The van der Waals surface area contributed by atoms with E-state index < -0.39 is 0 Å². The van der Waals surface area contributed by atoms with E-state index in [1.165, 1.54) is 0 Å². The molecule has 0 saturated heterocycles. The second kappa shape index (κ2) is 5.34. The maximum absolute atomic E-state index is 11.8. The summed E-state index contributed by atoms with van der Waals surface area (Å²) in [5.41, 5.74) is 4.91. The van der Waals surface area contributed by atoms with Gasteiger partial charge in [0, 0.05) is 34.8 Å². The molecule has 2 heterocycles. The van der Waals surface area contributed by atoms with Crippen molar-refractivity contribution in [1.82, 2.24) is 9.97 Å². The zero-order valence-corrected chi connectivity index (χ0v) is 13.8. The zero-order valence-electron chi connectivity index (χ0n) is 13.8. The number of aromatic nitrogens is 2. The van der Waals surface area contributed by atoms with Crippen LogP contribution in [-0.4, -0.2) is 15.9 Å². The fourth-order valence-corrected chi connectivity index (χ4v) is 3.28. The summed E-state index contributed by atoms with van der Waals surface area (Å²) in [7, 11) is 0. The van der Waals surface area contributed by atoms with Crippen molar-refractivity contribution in [3.63, 3.8) is 0 Å². The number of H-pyrrole nitrogens is 1. The highest BCUT2D eigenvalue weighted by Crippen LogP contribution is 2.39. The maximum atomic E-state index is 11.8. The first kappa shape index (κ1) is 14.7. The number of amides is 1. The van der Waals surface area contributed by atoms with E-state index in [1.54, 1.807) is 0 Å².